The number of nitrogens with zero attached hydrogens (tertiary/aromatic N) is 5. The molecule has 9 heteroatoms. The molecule has 0 atom stereocenters. The van der Waals surface area contributed by atoms with Crippen molar-refractivity contribution in [2.45, 2.75) is 31.7 Å². The Morgan fingerprint density at radius 3 is 2.44 bits per heavy atom. The number of nitrogens with one attached hydrogen (secondary N) is 1. The average molecular weight is 496 g/mol. The molecule has 5 rings (SSSR count). The zero-order chi connectivity index (χ0) is 25.2. The van der Waals surface area contributed by atoms with Gasteiger partial charge in [0.25, 0.3) is 5.56 Å². The number of hydrogen-bond acceptors (Lipinski definition) is 8. The highest BCUT2D eigenvalue weighted by molar-refractivity contribution is 7.98. The van der Waals surface area contributed by atoms with Crippen LogP contribution in [0, 0.1) is 20.8 Å². The Morgan fingerprint density at radius 2 is 1.61 bits per heavy atom. The molecule has 0 aliphatic rings. The summed E-state index contributed by atoms with van der Waals surface area (Å²) in [5.74, 6) is 1.32. The van der Waals surface area contributed by atoms with Crippen molar-refractivity contribution in [3.63, 3.8) is 0 Å². The molecule has 0 aliphatic heterocycles. The van der Waals surface area contributed by atoms with E-state index in [1.54, 1.807) is 10.6 Å². The smallest absolute Gasteiger partial charge is 0.266 e. The number of fused-ring (bicyclic) bond motifs is 1. The van der Waals surface area contributed by atoms with Gasteiger partial charge in [-0.05, 0) is 61.7 Å². The zero-order valence-corrected chi connectivity index (χ0v) is 21.0. The summed E-state index contributed by atoms with van der Waals surface area (Å²) in [7, 11) is 0. The summed E-state index contributed by atoms with van der Waals surface area (Å²) in [6.07, 6.45) is 0. The lowest BCUT2D eigenvalue weighted by Gasteiger charge is -2.16. The molecule has 0 amide bonds. The number of aryl methyl sites for hydroxylation is 2. The van der Waals surface area contributed by atoms with E-state index in [0.717, 1.165) is 28.1 Å². The van der Waals surface area contributed by atoms with Gasteiger partial charge in [-0.3, -0.25) is 9.36 Å². The van der Waals surface area contributed by atoms with Crippen LogP contribution in [-0.2, 0) is 5.75 Å². The van der Waals surface area contributed by atoms with E-state index in [4.69, 9.17) is 10.7 Å². The molecule has 5 aromatic rings. The van der Waals surface area contributed by atoms with E-state index in [1.165, 1.54) is 11.8 Å². The first-order valence-electron chi connectivity index (χ1n) is 11.4. The summed E-state index contributed by atoms with van der Waals surface area (Å²) in [5, 5.41) is 4.34. The van der Waals surface area contributed by atoms with E-state index in [1.807, 2.05) is 81.4 Å². The Kier molecular flexibility index (Phi) is 6.39. The second-order valence-electron chi connectivity index (χ2n) is 8.43. The molecule has 0 unspecified atom stereocenters. The van der Waals surface area contributed by atoms with Gasteiger partial charge in [0.1, 0.15) is 5.82 Å². The van der Waals surface area contributed by atoms with Gasteiger partial charge in [-0.25, -0.2) is 4.98 Å². The summed E-state index contributed by atoms with van der Waals surface area (Å²) in [6.45, 7) is 6.04. The maximum atomic E-state index is 13.6. The van der Waals surface area contributed by atoms with Gasteiger partial charge >= 0.3 is 0 Å². The van der Waals surface area contributed by atoms with Gasteiger partial charge in [0.15, 0.2) is 5.16 Å². The maximum absolute atomic E-state index is 13.6. The van der Waals surface area contributed by atoms with Crippen LogP contribution in [0.5, 0.6) is 0 Å². The molecule has 180 valence electrons. The van der Waals surface area contributed by atoms with Crippen LogP contribution in [0.1, 0.15) is 22.5 Å². The summed E-state index contributed by atoms with van der Waals surface area (Å²) in [4.78, 5) is 31.5. The van der Waals surface area contributed by atoms with Gasteiger partial charge in [0.05, 0.1) is 22.3 Å². The topological polar surface area (TPSA) is 112 Å². The zero-order valence-electron chi connectivity index (χ0n) is 20.2. The van der Waals surface area contributed by atoms with Crippen LogP contribution in [0.3, 0.4) is 0 Å². The standard InChI is InChI=1S/C27H25N7OS/c1-16-10-8-14-22(18(16)3)34-24(35)19-11-5-7-13-21(19)30-27(34)36-15-23-31-25(28)33-26(32-23)29-20-12-6-4-9-17(20)2/h4-14H,15H2,1-3H3,(H3,28,29,31,32,33). The van der Waals surface area contributed by atoms with Crippen LogP contribution in [-0.4, -0.2) is 24.5 Å². The SMILES string of the molecule is Cc1ccccc1Nc1nc(N)nc(CSc2nc3ccccc3c(=O)n2-c2cccc(C)c2C)n1. The van der Waals surface area contributed by atoms with E-state index in [-0.39, 0.29) is 11.5 Å². The first-order chi connectivity index (χ1) is 17.4. The summed E-state index contributed by atoms with van der Waals surface area (Å²) < 4.78 is 1.67. The molecule has 2 aromatic heterocycles. The molecular weight excluding hydrogens is 470 g/mol. The van der Waals surface area contributed by atoms with Gasteiger partial charge in [0, 0.05) is 5.69 Å². The number of aromatic nitrogens is 5. The minimum atomic E-state index is -0.117. The second-order valence-corrected chi connectivity index (χ2v) is 9.38. The maximum Gasteiger partial charge on any atom is 0.266 e. The Balaban J connectivity index is 1.53. The number of para-hydroxylation sites is 2. The molecule has 3 aromatic carbocycles. The van der Waals surface area contributed by atoms with Crippen molar-refractivity contribution in [2.75, 3.05) is 11.1 Å². The minimum Gasteiger partial charge on any atom is -0.368 e. The van der Waals surface area contributed by atoms with E-state index >= 15 is 0 Å². The highest BCUT2D eigenvalue weighted by Crippen LogP contribution is 2.27. The third-order valence-electron chi connectivity index (χ3n) is 5.98. The lowest BCUT2D eigenvalue weighted by Crippen LogP contribution is -2.22. The third-order valence-corrected chi connectivity index (χ3v) is 6.92. The van der Waals surface area contributed by atoms with Crippen molar-refractivity contribution in [1.29, 1.82) is 0 Å². The Hall–Kier alpha value is -4.24. The van der Waals surface area contributed by atoms with Gasteiger partial charge in [-0.2, -0.15) is 15.0 Å². The average Bonchev–Trinajstić information content (AvgIpc) is 2.86. The fraction of sp³-hybridized carbons (Fsp3) is 0.148. The Bertz CT molecular complexity index is 1650. The fourth-order valence-electron chi connectivity index (χ4n) is 3.92. The number of nitrogens with two attached hydrogens (primary N) is 1. The third kappa shape index (κ3) is 4.65. The second kappa shape index (κ2) is 9.79. The van der Waals surface area contributed by atoms with Gasteiger partial charge in [0.2, 0.25) is 11.9 Å². The van der Waals surface area contributed by atoms with Gasteiger partial charge < -0.3 is 11.1 Å². The first-order valence-corrected chi connectivity index (χ1v) is 12.4. The van der Waals surface area contributed by atoms with Gasteiger partial charge in [-0.15, -0.1) is 0 Å². The first kappa shape index (κ1) is 23.5. The van der Waals surface area contributed by atoms with Crippen molar-refractivity contribution in [3.8, 4) is 5.69 Å². The monoisotopic (exact) mass is 495 g/mol. The molecule has 3 N–H and O–H groups in total. The van der Waals surface area contributed by atoms with E-state index < -0.39 is 0 Å². The molecule has 0 bridgehead atoms. The van der Waals surface area contributed by atoms with Crippen molar-refractivity contribution in [3.05, 3.63) is 99.6 Å². The molecule has 0 spiro atoms. The highest BCUT2D eigenvalue weighted by Gasteiger charge is 2.16. The van der Waals surface area contributed by atoms with Crippen molar-refractivity contribution >= 4 is 40.2 Å². The van der Waals surface area contributed by atoms with Gasteiger partial charge in [-0.1, -0.05) is 54.2 Å². The van der Waals surface area contributed by atoms with Crippen molar-refractivity contribution in [1.82, 2.24) is 24.5 Å². The summed E-state index contributed by atoms with van der Waals surface area (Å²) in [5.41, 5.74) is 11.4. The Labute approximate surface area is 212 Å². The summed E-state index contributed by atoms with van der Waals surface area (Å²) in [6, 6.07) is 21.2. The lowest BCUT2D eigenvalue weighted by molar-refractivity contribution is 0.811. The number of rotatable bonds is 6. The highest BCUT2D eigenvalue weighted by atomic mass is 32.2. The molecule has 36 heavy (non-hydrogen) atoms. The summed E-state index contributed by atoms with van der Waals surface area (Å²) >= 11 is 1.38. The molecule has 0 fully saturated rings. The van der Waals surface area contributed by atoms with Crippen LogP contribution in [0.2, 0.25) is 0 Å². The van der Waals surface area contributed by atoms with E-state index in [9.17, 15) is 4.79 Å². The number of hydrogen-bond donors (Lipinski definition) is 2. The minimum absolute atomic E-state index is 0.117. The molecule has 2 heterocycles. The fourth-order valence-corrected chi connectivity index (χ4v) is 4.78. The molecule has 8 nitrogen and oxygen atoms in total. The molecular formula is C27H25N7OS. The number of anilines is 3. The largest absolute Gasteiger partial charge is 0.368 e. The predicted octanol–water partition coefficient (Wildman–Crippen LogP) is 5.11. The molecule has 0 saturated heterocycles. The van der Waals surface area contributed by atoms with Crippen LogP contribution >= 0.6 is 11.8 Å². The van der Waals surface area contributed by atoms with Crippen molar-refractivity contribution in [2.24, 2.45) is 0 Å². The van der Waals surface area contributed by atoms with Crippen LogP contribution in [0.4, 0.5) is 17.6 Å². The van der Waals surface area contributed by atoms with Crippen LogP contribution < -0.4 is 16.6 Å². The van der Waals surface area contributed by atoms with E-state index in [0.29, 0.717) is 33.6 Å². The quantitative estimate of drug-likeness (QED) is 0.247. The normalized spacial score (nSPS) is 11.1. The van der Waals surface area contributed by atoms with E-state index in [2.05, 4.69) is 20.3 Å². The van der Waals surface area contributed by atoms with Crippen LogP contribution in [0.25, 0.3) is 16.6 Å². The molecule has 0 saturated carbocycles. The van der Waals surface area contributed by atoms with Crippen molar-refractivity contribution < 1.29 is 0 Å². The lowest BCUT2D eigenvalue weighted by atomic mass is 10.1. The molecule has 0 aliphatic carbocycles. The Morgan fingerprint density at radius 1 is 0.861 bits per heavy atom. The number of nitrogen functional groups attached to an aromatic ring is 1. The molecule has 0 radical (unpaired) electrons. The number of thioether (sulfide) groups is 1. The predicted molar refractivity (Wildman–Crippen MR) is 145 cm³/mol. The van der Waals surface area contributed by atoms with Crippen LogP contribution in [0.15, 0.2) is 76.7 Å². The number of benzene rings is 3.